The van der Waals surface area contributed by atoms with Crippen molar-refractivity contribution in [1.82, 2.24) is 5.32 Å². The van der Waals surface area contributed by atoms with Crippen LogP contribution in [0.2, 0.25) is 5.02 Å². The van der Waals surface area contributed by atoms with Crippen LogP contribution in [-0.4, -0.2) is 28.3 Å². The van der Waals surface area contributed by atoms with Gasteiger partial charge in [0.15, 0.2) is 0 Å². The number of carboxylic acids is 1. The number of hydrogen-bond donors (Lipinski definition) is 3. The monoisotopic (exact) mass is 355 g/mol. The summed E-state index contributed by atoms with van der Waals surface area (Å²) in [4.78, 5) is 23.1. The molecular weight excluding hydrogens is 340 g/mol. The van der Waals surface area contributed by atoms with Crippen LogP contribution in [-0.2, 0) is 22.6 Å². The Labute approximate surface area is 143 Å². The number of halogens is 1. The smallest absolute Gasteiger partial charge is 0.408 e. The molecule has 0 aliphatic rings. The van der Waals surface area contributed by atoms with Crippen LogP contribution in [0.5, 0.6) is 5.75 Å². The third-order valence-electron chi connectivity index (χ3n) is 3.25. The number of ether oxygens (including phenoxy) is 1. The Hall–Kier alpha value is -2.73. The Morgan fingerprint density at radius 2 is 1.83 bits per heavy atom. The van der Waals surface area contributed by atoms with Crippen molar-refractivity contribution in [3.63, 3.8) is 0 Å². The maximum atomic E-state index is 11.8. The van der Waals surface area contributed by atoms with E-state index < -0.39 is 18.1 Å². The highest BCUT2D eigenvalue weighted by Crippen LogP contribution is 2.24. The van der Waals surface area contributed by atoms with Gasteiger partial charge in [0.25, 0.3) is 0 Å². The lowest BCUT2D eigenvalue weighted by Crippen LogP contribution is -2.42. The number of amides is 1. The van der Waals surface area contributed by atoms with E-state index in [0.717, 1.165) is 5.56 Å². The average Bonchev–Trinajstić information content (AvgIpc) is 2.56. The second kappa shape index (κ2) is 8.21. The molecule has 24 heavy (non-hydrogen) atoms. The van der Waals surface area contributed by atoms with Gasteiger partial charge in [-0.3, -0.25) is 0 Å². The van der Waals surface area contributed by atoms with E-state index in [4.69, 9.17) is 16.3 Å². The minimum atomic E-state index is -1.20. The van der Waals surface area contributed by atoms with Crippen molar-refractivity contribution in [3.05, 3.63) is 64.7 Å². The number of carbonyl (C=O) groups excluding carboxylic acids is 1. The molecule has 0 fully saturated rings. The number of phenolic OH excluding ortho intramolecular Hbond substituents is 1. The van der Waals surface area contributed by atoms with Crippen molar-refractivity contribution < 1.29 is 24.5 Å². The summed E-state index contributed by atoms with van der Waals surface area (Å²) in [5.41, 5.74) is 1.36. The van der Waals surface area contributed by atoms with E-state index in [9.17, 15) is 19.8 Å². The Balaban J connectivity index is 1.93. The average molecular weight is 356 g/mol. The highest BCUT2D eigenvalue weighted by atomic mass is 35.5. The standard InChI is InChI=1S/C17H16ClNO5/c18-13-8-12(6-7-15(13)20)9-14(16(21)22)19-17(23)24-10-11-4-2-1-3-5-11/h1-8,14,20H,9-10H2,(H,19,23)(H,21,22)/t14-/m0/s1/i6+1,7+1,8+1,12+1,13+1,15+1. The summed E-state index contributed by atoms with van der Waals surface area (Å²) in [5.74, 6) is -1.29. The lowest BCUT2D eigenvalue weighted by Gasteiger charge is -2.15. The zero-order valence-electron chi connectivity index (χ0n) is 12.6. The SMILES string of the molecule is O=C(N[C@@H](C[13c]1[13cH][13cH][13c](O)[13c](Cl)[13cH]1)C(=O)O)OCc1ccccc1. The third kappa shape index (κ3) is 5.17. The quantitative estimate of drug-likeness (QED) is 0.740. The Kier molecular flexibility index (Phi) is 6.03. The predicted molar refractivity (Wildman–Crippen MR) is 88.0 cm³/mol. The van der Waals surface area contributed by atoms with Crippen LogP contribution in [0.15, 0.2) is 48.5 Å². The Morgan fingerprint density at radius 3 is 2.46 bits per heavy atom. The maximum absolute atomic E-state index is 11.8. The summed E-state index contributed by atoms with van der Waals surface area (Å²) < 4.78 is 5.01. The molecule has 6 nitrogen and oxygen atoms in total. The van der Waals surface area contributed by atoms with Crippen LogP contribution in [0.4, 0.5) is 4.79 Å². The van der Waals surface area contributed by atoms with Gasteiger partial charge in [0.2, 0.25) is 0 Å². The van der Waals surface area contributed by atoms with Crippen molar-refractivity contribution in [2.75, 3.05) is 0 Å². The fourth-order valence-electron chi connectivity index (χ4n) is 2.02. The van der Waals surface area contributed by atoms with E-state index in [2.05, 4.69) is 5.32 Å². The molecule has 3 N–H and O–H groups in total. The van der Waals surface area contributed by atoms with Gasteiger partial charge in [0.05, 0.1) is 5.02 Å². The molecule has 2 aromatic carbocycles. The summed E-state index contributed by atoms with van der Waals surface area (Å²) >= 11 is 5.79. The number of aliphatic carboxylic acids is 1. The van der Waals surface area contributed by atoms with E-state index in [0.29, 0.717) is 5.56 Å². The lowest BCUT2D eigenvalue weighted by atomic mass is 10.2. The van der Waals surface area contributed by atoms with Crippen molar-refractivity contribution in [2.45, 2.75) is 19.1 Å². The van der Waals surface area contributed by atoms with Gasteiger partial charge < -0.3 is 20.3 Å². The number of hydrogen-bond acceptors (Lipinski definition) is 4. The fourth-order valence-corrected chi connectivity index (χ4v) is 2.22. The molecule has 0 aliphatic carbocycles. The molecule has 7 heteroatoms. The summed E-state index contributed by atoms with van der Waals surface area (Å²) in [6, 6.07) is 12.2. The van der Waals surface area contributed by atoms with Crippen LogP contribution < -0.4 is 5.32 Å². The molecule has 0 heterocycles. The second-order valence-electron chi connectivity index (χ2n) is 5.09. The minimum Gasteiger partial charge on any atom is -0.506 e. The van der Waals surface area contributed by atoms with E-state index in [-0.39, 0.29) is 23.8 Å². The molecule has 2 rings (SSSR count). The van der Waals surface area contributed by atoms with Crippen LogP contribution in [0.3, 0.4) is 0 Å². The number of nitrogens with one attached hydrogen (secondary N) is 1. The van der Waals surface area contributed by atoms with E-state index in [1.807, 2.05) is 18.2 Å². The lowest BCUT2D eigenvalue weighted by molar-refractivity contribution is -0.139. The van der Waals surface area contributed by atoms with Gasteiger partial charge in [0.1, 0.15) is 18.4 Å². The third-order valence-corrected chi connectivity index (χ3v) is 3.56. The first-order chi connectivity index (χ1) is 11.5. The summed E-state index contributed by atoms with van der Waals surface area (Å²) in [6.07, 6.45) is -0.813. The van der Waals surface area contributed by atoms with Crippen molar-refractivity contribution >= 4 is 23.7 Å². The topological polar surface area (TPSA) is 95.9 Å². The highest BCUT2D eigenvalue weighted by Gasteiger charge is 2.21. The van der Waals surface area contributed by atoms with E-state index in [1.54, 1.807) is 12.1 Å². The van der Waals surface area contributed by atoms with E-state index >= 15 is 0 Å². The van der Waals surface area contributed by atoms with Gasteiger partial charge in [-0.15, -0.1) is 0 Å². The summed E-state index contributed by atoms with van der Waals surface area (Å²) in [7, 11) is 0. The number of aromatic hydroxyl groups is 1. The van der Waals surface area contributed by atoms with Gasteiger partial charge in [-0.25, -0.2) is 9.59 Å². The maximum Gasteiger partial charge on any atom is 0.408 e. The van der Waals surface area contributed by atoms with Crippen LogP contribution >= 0.6 is 11.6 Å². The fraction of sp³-hybridized carbons (Fsp3) is 0.176. The van der Waals surface area contributed by atoms with Crippen LogP contribution in [0.1, 0.15) is 11.1 Å². The predicted octanol–water partition coefficient (Wildman–Crippen LogP) is 2.97. The molecule has 1 amide bonds. The van der Waals surface area contributed by atoms with Crippen LogP contribution in [0.25, 0.3) is 0 Å². The van der Waals surface area contributed by atoms with Crippen molar-refractivity contribution in [1.29, 1.82) is 0 Å². The van der Waals surface area contributed by atoms with E-state index in [1.165, 1.54) is 18.2 Å². The first kappa shape index (κ1) is 17.6. The minimum absolute atomic E-state index is 0.00969. The Morgan fingerprint density at radius 1 is 1.12 bits per heavy atom. The van der Waals surface area contributed by atoms with Crippen LogP contribution in [0, 0.1) is 0 Å². The number of benzene rings is 2. The molecule has 1 atom stereocenters. The van der Waals surface area contributed by atoms with Crippen molar-refractivity contribution in [2.24, 2.45) is 0 Å². The van der Waals surface area contributed by atoms with Gasteiger partial charge in [-0.2, -0.15) is 0 Å². The number of carbonyl (C=O) groups is 2. The molecule has 0 aromatic heterocycles. The zero-order valence-corrected chi connectivity index (χ0v) is 13.4. The molecule has 0 spiro atoms. The zero-order chi connectivity index (χ0) is 17.5. The van der Waals surface area contributed by atoms with Gasteiger partial charge in [0, 0.05) is 6.42 Å². The summed E-state index contributed by atoms with van der Waals surface area (Å²) in [6.45, 7) is 0.0457. The van der Waals surface area contributed by atoms with Gasteiger partial charge in [-0.05, 0) is 23.3 Å². The number of phenols is 1. The number of alkyl carbamates (subject to hydrolysis) is 1. The molecule has 126 valence electrons. The van der Waals surface area contributed by atoms with Crippen molar-refractivity contribution in [3.8, 4) is 5.75 Å². The second-order valence-corrected chi connectivity index (χ2v) is 5.49. The van der Waals surface area contributed by atoms with Gasteiger partial charge in [-0.1, -0.05) is 48.0 Å². The Bertz CT molecular complexity index is 720. The summed E-state index contributed by atoms with van der Waals surface area (Å²) in [5, 5.41) is 21.0. The largest absolute Gasteiger partial charge is 0.506 e. The number of carboxylic acid groups (broad SMARTS) is 1. The molecule has 0 saturated heterocycles. The normalized spacial score (nSPS) is 11.5. The first-order valence-corrected chi connectivity index (χ1v) is 7.51. The first-order valence-electron chi connectivity index (χ1n) is 7.13. The molecule has 0 bridgehead atoms. The molecule has 2 aromatic rings. The molecule has 0 radical (unpaired) electrons. The molecule has 0 unspecified atom stereocenters. The molecular formula is C17H16ClNO5. The van der Waals surface area contributed by atoms with Gasteiger partial charge >= 0.3 is 12.1 Å². The highest BCUT2D eigenvalue weighted by molar-refractivity contribution is 6.32. The molecule has 0 saturated carbocycles. The number of rotatable bonds is 6. The molecule has 0 aliphatic heterocycles.